The summed E-state index contributed by atoms with van der Waals surface area (Å²) in [7, 11) is 0. The first-order valence-electron chi connectivity index (χ1n) is 3.81. The molecule has 0 bridgehead atoms. The van der Waals surface area contributed by atoms with Crippen molar-refractivity contribution >= 4 is 11.5 Å². The standard InChI is InChI=1S/C9H13N3/c1-9(2,3)12-6-5-7(11-4)8(12)10/h5-6H,10H2,1-3H3. The molecule has 12 heavy (non-hydrogen) atoms. The lowest BCUT2D eigenvalue weighted by Crippen LogP contribution is -2.22. The second-order valence-corrected chi connectivity index (χ2v) is 3.74. The Morgan fingerprint density at radius 3 is 2.33 bits per heavy atom. The van der Waals surface area contributed by atoms with Crippen LogP contribution in [0.25, 0.3) is 4.85 Å². The summed E-state index contributed by atoms with van der Waals surface area (Å²) in [6.07, 6.45) is 1.85. The predicted octanol–water partition coefficient (Wildman–Crippen LogP) is 2.38. The Labute approximate surface area is 72.6 Å². The summed E-state index contributed by atoms with van der Waals surface area (Å²) in [4.78, 5) is 3.31. The van der Waals surface area contributed by atoms with E-state index in [1.54, 1.807) is 6.07 Å². The van der Waals surface area contributed by atoms with E-state index < -0.39 is 0 Å². The quantitative estimate of drug-likeness (QED) is 0.585. The van der Waals surface area contributed by atoms with E-state index >= 15 is 0 Å². The van der Waals surface area contributed by atoms with Gasteiger partial charge in [-0.2, -0.15) is 0 Å². The van der Waals surface area contributed by atoms with Crippen molar-refractivity contribution in [2.24, 2.45) is 0 Å². The van der Waals surface area contributed by atoms with Gasteiger partial charge in [0.2, 0.25) is 5.69 Å². The molecule has 0 aliphatic carbocycles. The lowest BCUT2D eigenvalue weighted by atomic mass is 10.1. The van der Waals surface area contributed by atoms with Gasteiger partial charge in [-0.05, 0) is 33.0 Å². The molecule has 2 N–H and O–H groups in total. The number of hydrogen-bond donors (Lipinski definition) is 1. The zero-order valence-corrected chi connectivity index (χ0v) is 7.63. The number of nitrogens with zero attached hydrogens (tertiary/aromatic N) is 2. The van der Waals surface area contributed by atoms with E-state index in [1.165, 1.54) is 0 Å². The molecular formula is C9H13N3. The van der Waals surface area contributed by atoms with Crippen LogP contribution in [0.2, 0.25) is 0 Å². The molecule has 0 aliphatic heterocycles. The zero-order valence-electron chi connectivity index (χ0n) is 7.63. The largest absolute Gasteiger partial charge is 0.394 e. The highest BCUT2D eigenvalue weighted by molar-refractivity contribution is 5.64. The van der Waals surface area contributed by atoms with Crippen molar-refractivity contribution in [3.05, 3.63) is 23.7 Å². The van der Waals surface area contributed by atoms with Crippen molar-refractivity contribution in [2.75, 3.05) is 5.73 Å². The van der Waals surface area contributed by atoms with Gasteiger partial charge in [-0.15, -0.1) is 0 Å². The molecule has 0 spiro atoms. The first-order valence-corrected chi connectivity index (χ1v) is 3.81. The predicted molar refractivity (Wildman–Crippen MR) is 50.1 cm³/mol. The molecule has 1 rings (SSSR count). The van der Waals surface area contributed by atoms with Crippen LogP contribution in [0.5, 0.6) is 0 Å². The van der Waals surface area contributed by atoms with Crippen molar-refractivity contribution < 1.29 is 0 Å². The van der Waals surface area contributed by atoms with Gasteiger partial charge in [-0.1, -0.05) is 0 Å². The van der Waals surface area contributed by atoms with Crippen LogP contribution in [0.15, 0.2) is 12.3 Å². The maximum Gasteiger partial charge on any atom is 0.227 e. The van der Waals surface area contributed by atoms with Gasteiger partial charge < -0.3 is 10.3 Å². The van der Waals surface area contributed by atoms with Crippen molar-refractivity contribution in [2.45, 2.75) is 26.3 Å². The first kappa shape index (κ1) is 8.66. The molecule has 0 saturated heterocycles. The number of rotatable bonds is 0. The Bertz CT molecular complexity index is 323. The molecule has 3 heteroatoms. The minimum atomic E-state index is -0.0486. The van der Waals surface area contributed by atoms with Crippen molar-refractivity contribution in [3.8, 4) is 0 Å². The fourth-order valence-electron chi connectivity index (χ4n) is 1.11. The van der Waals surface area contributed by atoms with Gasteiger partial charge in [-0.3, -0.25) is 0 Å². The fourth-order valence-corrected chi connectivity index (χ4v) is 1.11. The molecule has 0 aromatic carbocycles. The van der Waals surface area contributed by atoms with Gasteiger partial charge in [0.05, 0.1) is 6.57 Å². The van der Waals surface area contributed by atoms with Crippen molar-refractivity contribution in [3.63, 3.8) is 0 Å². The Morgan fingerprint density at radius 1 is 1.50 bits per heavy atom. The van der Waals surface area contributed by atoms with E-state index in [2.05, 4.69) is 25.6 Å². The average Bonchev–Trinajstić information content (AvgIpc) is 2.29. The van der Waals surface area contributed by atoms with Crippen LogP contribution in [-0.4, -0.2) is 4.57 Å². The highest BCUT2D eigenvalue weighted by Crippen LogP contribution is 2.28. The lowest BCUT2D eigenvalue weighted by molar-refractivity contribution is 0.404. The molecule has 0 amide bonds. The van der Waals surface area contributed by atoms with Gasteiger partial charge in [0.1, 0.15) is 5.82 Å². The van der Waals surface area contributed by atoms with Crippen LogP contribution in [0.1, 0.15) is 20.8 Å². The maximum absolute atomic E-state index is 6.83. The van der Waals surface area contributed by atoms with Gasteiger partial charge in [0.15, 0.2) is 0 Å². The zero-order chi connectivity index (χ0) is 9.35. The summed E-state index contributed by atoms with van der Waals surface area (Å²) in [5.74, 6) is 0.553. The van der Waals surface area contributed by atoms with Gasteiger partial charge in [-0.25, -0.2) is 4.85 Å². The summed E-state index contributed by atoms with van der Waals surface area (Å²) in [6.45, 7) is 13.0. The van der Waals surface area contributed by atoms with Gasteiger partial charge in [0.25, 0.3) is 0 Å². The van der Waals surface area contributed by atoms with Crippen molar-refractivity contribution in [1.29, 1.82) is 0 Å². The Hall–Kier alpha value is -1.43. The average molecular weight is 163 g/mol. The highest BCUT2D eigenvalue weighted by atomic mass is 15.1. The van der Waals surface area contributed by atoms with E-state index in [1.807, 2.05) is 10.8 Å². The molecular weight excluding hydrogens is 150 g/mol. The maximum atomic E-state index is 6.83. The molecule has 0 fully saturated rings. The monoisotopic (exact) mass is 163 g/mol. The van der Waals surface area contributed by atoms with Crippen molar-refractivity contribution in [1.82, 2.24) is 4.57 Å². The topological polar surface area (TPSA) is 35.3 Å². The van der Waals surface area contributed by atoms with Crippen LogP contribution in [0.4, 0.5) is 11.5 Å². The summed E-state index contributed by atoms with van der Waals surface area (Å²) in [6, 6.07) is 1.74. The number of hydrogen-bond acceptors (Lipinski definition) is 1. The molecule has 1 aromatic heterocycles. The normalized spacial score (nSPS) is 11.2. The van der Waals surface area contributed by atoms with E-state index in [0.717, 1.165) is 0 Å². The summed E-state index contributed by atoms with van der Waals surface area (Å²) < 4.78 is 1.90. The van der Waals surface area contributed by atoms with E-state index in [9.17, 15) is 0 Å². The van der Waals surface area contributed by atoms with E-state index in [-0.39, 0.29) is 5.54 Å². The fraction of sp³-hybridized carbons (Fsp3) is 0.444. The SMILES string of the molecule is [C-]#[N+]c1ccn(C(C)(C)C)c1N. The molecule has 0 unspecified atom stereocenters. The summed E-state index contributed by atoms with van der Waals surface area (Å²) >= 11 is 0. The first-order chi connectivity index (χ1) is 5.46. The molecule has 0 saturated carbocycles. The minimum absolute atomic E-state index is 0.0486. The van der Waals surface area contributed by atoms with E-state index in [0.29, 0.717) is 11.5 Å². The number of nitrogen functional groups attached to an aromatic ring is 1. The third-order valence-electron chi connectivity index (χ3n) is 1.75. The van der Waals surface area contributed by atoms with Gasteiger partial charge >= 0.3 is 0 Å². The number of nitrogens with two attached hydrogens (primary N) is 1. The molecule has 3 nitrogen and oxygen atoms in total. The molecule has 1 heterocycles. The third kappa shape index (κ3) is 1.28. The third-order valence-corrected chi connectivity index (χ3v) is 1.75. The van der Waals surface area contributed by atoms with Crippen LogP contribution in [0.3, 0.4) is 0 Å². The molecule has 1 aromatic rings. The van der Waals surface area contributed by atoms with Crippen LogP contribution in [-0.2, 0) is 5.54 Å². The molecule has 0 atom stereocenters. The molecule has 64 valence electrons. The van der Waals surface area contributed by atoms with E-state index in [4.69, 9.17) is 12.3 Å². The van der Waals surface area contributed by atoms with Crippen LogP contribution >= 0.6 is 0 Å². The molecule has 0 radical (unpaired) electrons. The summed E-state index contributed by atoms with van der Waals surface area (Å²) in [5.41, 5.74) is 6.23. The van der Waals surface area contributed by atoms with Crippen LogP contribution in [0, 0.1) is 6.57 Å². The second-order valence-electron chi connectivity index (χ2n) is 3.74. The molecule has 0 aliphatic rings. The van der Waals surface area contributed by atoms with Gasteiger partial charge in [0, 0.05) is 5.54 Å². The smallest absolute Gasteiger partial charge is 0.227 e. The van der Waals surface area contributed by atoms with Crippen LogP contribution < -0.4 is 5.73 Å². The number of anilines is 1. The number of aromatic nitrogens is 1. The highest BCUT2D eigenvalue weighted by Gasteiger charge is 2.16. The summed E-state index contributed by atoms with van der Waals surface area (Å²) in [5, 5.41) is 0. The minimum Gasteiger partial charge on any atom is -0.394 e. The Kier molecular flexibility index (Phi) is 1.85. The second kappa shape index (κ2) is 2.56. The Morgan fingerprint density at radius 2 is 2.08 bits per heavy atom. The Balaban J connectivity index is 3.22. The lowest BCUT2D eigenvalue weighted by Gasteiger charge is -2.23.